The number of methoxy groups -OCH3 is 1. The fourth-order valence-electron chi connectivity index (χ4n) is 1.53. The summed E-state index contributed by atoms with van der Waals surface area (Å²) in [5, 5.41) is 7.36. The van der Waals surface area contributed by atoms with Gasteiger partial charge in [0.2, 0.25) is 17.7 Å². The molecular weight excluding hydrogens is 278 g/mol. The van der Waals surface area contributed by atoms with Crippen LogP contribution in [-0.4, -0.2) is 49.4 Å². The van der Waals surface area contributed by atoms with E-state index in [2.05, 4.69) is 20.7 Å². The van der Waals surface area contributed by atoms with Crippen LogP contribution in [0.2, 0.25) is 0 Å². The van der Waals surface area contributed by atoms with E-state index in [1.807, 2.05) is 0 Å². The third-order valence-corrected chi connectivity index (χ3v) is 2.69. The largest absolute Gasteiger partial charge is 0.468 e. The zero-order valence-electron chi connectivity index (χ0n) is 13.0. The van der Waals surface area contributed by atoms with Gasteiger partial charge < -0.3 is 20.7 Å². The normalized spacial score (nSPS) is 13.0. The third-order valence-electron chi connectivity index (χ3n) is 2.69. The van der Waals surface area contributed by atoms with Crippen LogP contribution in [0.15, 0.2) is 0 Å². The van der Waals surface area contributed by atoms with Crippen LogP contribution in [-0.2, 0) is 23.9 Å². The molecule has 0 aromatic rings. The van der Waals surface area contributed by atoms with Crippen LogP contribution < -0.4 is 16.0 Å². The van der Waals surface area contributed by atoms with Crippen molar-refractivity contribution in [2.75, 3.05) is 13.7 Å². The lowest BCUT2D eigenvalue weighted by molar-refractivity contribution is -0.141. The molecule has 0 aliphatic heterocycles. The molecule has 0 rings (SSSR count). The smallest absolute Gasteiger partial charge is 0.325 e. The molecule has 0 aliphatic rings. The highest BCUT2D eigenvalue weighted by Crippen LogP contribution is 2.02. The predicted molar refractivity (Wildman–Crippen MR) is 75.1 cm³/mol. The molecule has 0 radical (unpaired) electrons. The van der Waals surface area contributed by atoms with E-state index in [-0.39, 0.29) is 18.4 Å². The van der Waals surface area contributed by atoms with Crippen molar-refractivity contribution in [3.63, 3.8) is 0 Å². The van der Waals surface area contributed by atoms with Gasteiger partial charge in [-0.05, 0) is 12.8 Å². The van der Waals surface area contributed by atoms with Gasteiger partial charge in [-0.1, -0.05) is 13.8 Å². The van der Waals surface area contributed by atoms with Crippen LogP contribution in [0.25, 0.3) is 0 Å². The molecule has 3 amide bonds. The monoisotopic (exact) mass is 301 g/mol. The molecule has 0 fully saturated rings. The highest BCUT2D eigenvalue weighted by Gasteiger charge is 2.26. The molecule has 0 aliphatic carbocycles. The quantitative estimate of drug-likeness (QED) is 0.519. The Morgan fingerprint density at radius 1 is 1.00 bits per heavy atom. The second kappa shape index (κ2) is 8.93. The molecule has 3 N–H and O–H groups in total. The van der Waals surface area contributed by atoms with Crippen molar-refractivity contribution >= 4 is 23.7 Å². The van der Waals surface area contributed by atoms with Crippen LogP contribution in [0.3, 0.4) is 0 Å². The lowest BCUT2D eigenvalue weighted by Crippen LogP contribution is -2.55. The van der Waals surface area contributed by atoms with Crippen molar-refractivity contribution in [1.29, 1.82) is 0 Å². The van der Waals surface area contributed by atoms with Gasteiger partial charge in [0, 0.05) is 6.92 Å². The molecule has 0 aromatic carbocycles. The molecule has 0 heterocycles. The maximum atomic E-state index is 12.0. The van der Waals surface area contributed by atoms with E-state index in [4.69, 9.17) is 0 Å². The van der Waals surface area contributed by atoms with Gasteiger partial charge in [0.05, 0.1) is 7.11 Å². The fraction of sp³-hybridized carbons (Fsp3) is 0.692. The van der Waals surface area contributed by atoms with E-state index in [1.165, 1.54) is 21.0 Å². The summed E-state index contributed by atoms with van der Waals surface area (Å²) >= 11 is 0. The summed E-state index contributed by atoms with van der Waals surface area (Å²) in [6, 6.07) is -1.56. The summed E-state index contributed by atoms with van der Waals surface area (Å²) in [4.78, 5) is 45.7. The van der Waals surface area contributed by atoms with Gasteiger partial charge in [0.1, 0.15) is 18.6 Å². The molecule has 0 aromatic heterocycles. The number of carbonyl (C=O) groups is 4. The van der Waals surface area contributed by atoms with E-state index in [0.29, 0.717) is 0 Å². The number of ether oxygens (including phenoxy) is 1. The number of rotatable bonds is 7. The van der Waals surface area contributed by atoms with Gasteiger partial charge >= 0.3 is 5.97 Å². The van der Waals surface area contributed by atoms with Crippen molar-refractivity contribution in [3.8, 4) is 0 Å². The van der Waals surface area contributed by atoms with Crippen molar-refractivity contribution in [3.05, 3.63) is 0 Å². The average Bonchev–Trinajstić information content (AvgIpc) is 2.40. The Kier molecular flexibility index (Phi) is 8.03. The van der Waals surface area contributed by atoms with Gasteiger partial charge in [-0.3, -0.25) is 19.2 Å². The van der Waals surface area contributed by atoms with E-state index < -0.39 is 29.9 Å². The second-order valence-corrected chi connectivity index (χ2v) is 4.95. The maximum Gasteiger partial charge on any atom is 0.325 e. The van der Waals surface area contributed by atoms with E-state index in [1.54, 1.807) is 13.8 Å². The number of amides is 3. The first-order valence-electron chi connectivity index (χ1n) is 6.61. The Bertz CT molecular complexity index is 409. The first-order chi connectivity index (χ1) is 9.68. The average molecular weight is 301 g/mol. The van der Waals surface area contributed by atoms with Crippen molar-refractivity contribution in [1.82, 2.24) is 16.0 Å². The number of carbonyl (C=O) groups excluding carboxylic acids is 4. The van der Waals surface area contributed by atoms with Gasteiger partial charge in [-0.25, -0.2) is 0 Å². The minimum absolute atomic E-state index is 0.184. The van der Waals surface area contributed by atoms with Gasteiger partial charge in [-0.15, -0.1) is 0 Å². The zero-order valence-corrected chi connectivity index (χ0v) is 13.0. The standard InChI is InChI=1S/C13H23N3O5/c1-7(2)11(13(20)14-6-10(18)21-5)16-12(19)8(3)15-9(4)17/h7-8,11H,6H2,1-5H3,(H,14,20)(H,15,17)(H,16,19)/t8-,11-/m0/s1. The second-order valence-electron chi connectivity index (χ2n) is 4.95. The lowest BCUT2D eigenvalue weighted by Gasteiger charge is -2.23. The minimum Gasteiger partial charge on any atom is -0.468 e. The lowest BCUT2D eigenvalue weighted by atomic mass is 10.0. The molecule has 0 saturated carbocycles. The SMILES string of the molecule is COC(=O)CNC(=O)[C@@H](NC(=O)[C@H](C)NC(C)=O)C(C)C. The Balaban J connectivity index is 4.61. The topological polar surface area (TPSA) is 114 Å². The molecule has 0 saturated heterocycles. The summed E-state index contributed by atoms with van der Waals surface area (Å²) in [5.41, 5.74) is 0. The van der Waals surface area contributed by atoms with Crippen LogP contribution in [0.5, 0.6) is 0 Å². The minimum atomic E-state index is -0.807. The first-order valence-corrected chi connectivity index (χ1v) is 6.61. The molecule has 120 valence electrons. The first kappa shape index (κ1) is 18.9. The molecular formula is C13H23N3O5. The van der Waals surface area contributed by atoms with Crippen LogP contribution >= 0.6 is 0 Å². The van der Waals surface area contributed by atoms with Gasteiger partial charge in [-0.2, -0.15) is 0 Å². The predicted octanol–water partition coefficient (Wildman–Crippen LogP) is -1.06. The Labute approximate surface area is 124 Å². The maximum absolute atomic E-state index is 12.0. The molecule has 0 spiro atoms. The van der Waals surface area contributed by atoms with E-state index in [9.17, 15) is 19.2 Å². The highest BCUT2D eigenvalue weighted by atomic mass is 16.5. The Morgan fingerprint density at radius 3 is 2.00 bits per heavy atom. The molecule has 8 nitrogen and oxygen atoms in total. The molecule has 0 bridgehead atoms. The Morgan fingerprint density at radius 2 is 1.57 bits per heavy atom. The summed E-state index contributed by atoms with van der Waals surface area (Å²) in [5.74, 6) is -2.07. The van der Waals surface area contributed by atoms with Crippen LogP contribution in [0.1, 0.15) is 27.7 Å². The zero-order chi connectivity index (χ0) is 16.6. The van der Waals surface area contributed by atoms with E-state index in [0.717, 1.165) is 0 Å². The van der Waals surface area contributed by atoms with Gasteiger partial charge in [0.15, 0.2) is 0 Å². The number of esters is 1. The number of nitrogens with one attached hydrogen (secondary N) is 3. The van der Waals surface area contributed by atoms with Crippen molar-refractivity contribution < 1.29 is 23.9 Å². The molecule has 8 heteroatoms. The van der Waals surface area contributed by atoms with Crippen LogP contribution in [0.4, 0.5) is 0 Å². The Hall–Kier alpha value is -2.12. The number of hydrogen-bond donors (Lipinski definition) is 3. The summed E-state index contributed by atoms with van der Waals surface area (Å²) in [6.45, 7) is 6.06. The summed E-state index contributed by atoms with van der Waals surface area (Å²) in [7, 11) is 1.21. The summed E-state index contributed by atoms with van der Waals surface area (Å²) < 4.78 is 4.42. The van der Waals surface area contributed by atoms with Crippen molar-refractivity contribution in [2.24, 2.45) is 5.92 Å². The summed E-state index contributed by atoms with van der Waals surface area (Å²) in [6.07, 6.45) is 0. The molecule has 0 unspecified atom stereocenters. The number of hydrogen-bond acceptors (Lipinski definition) is 5. The van der Waals surface area contributed by atoms with Crippen LogP contribution in [0, 0.1) is 5.92 Å². The highest BCUT2D eigenvalue weighted by molar-refractivity contribution is 5.92. The third kappa shape index (κ3) is 7.28. The van der Waals surface area contributed by atoms with Gasteiger partial charge in [0.25, 0.3) is 0 Å². The van der Waals surface area contributed by atoms with E-state index >= 15 is 0 Å². The van der Waals surface area contributed by atoms with Crippen molar-refractivity contribution in [2.45, 2.75) is 39.8 Å². The molecule has 2 atom stereocenters. The molecule has 21 heavy (non-hydrogen) atoms. The fourth-order valence-corrected chi connectivity index (χ4v) is 1.53.